The number of anilines is 1. The average molecular weight is 384 g/mol. The Kier molecular flexibility index (Phi) is 7.68. The van der Waals surface area contributed by atoms with Gasteiger partial charge in [0.1, 0.15) is 11.9 Å². The van der Waals surface area contributed by atoms with Gasteiger partial charge in [0.05, 0.1) is 11.1 Å². The van der Waals surface area contributed by atoms with Crippen LogP contribution in [-0.4, -0.2) is 55.2 Å². The van der Waals surface area contributed by atoms with E-state index in [2.05, 4.69) is 5.32 Å². The van der Waals surface area contributed by atoms with Gasteiger partial charge in [-0.1, -0.05) is 11.6 Å². The summed E-state index contributed by atoms with van der Waals surface area (Å²) >= 11 is 6.20. The fourth-order valence-corrected chi connectivity index (χ4v) is 3.03. The normalized spacial score (nSPS) is 19.2. The maximum absolute atomic E-state index is 12.2. The van der Waals surface area contributed by atoms with Crippen molar-refractivity contribution in [2.45, 2.75) is 38.9 Å². The summed E-state index contributed by atoms with van der Waals surface area (Å²) in [6.45, 7) is 5.42. The Morgan fingerprint density at radius 1 is 1.35 bits per heavy atom. The molecule has 1 saturated heterocycles. The molecule has 0 aromatic heterocycles. The number of benzene rings is 1. The topological polar surface area (TPSA) is 93.9 Å². The summed E-state index contributed by atoms with van der Waals surface area (Å²) in [5, 5.41) is 3.10. The monoisotopic (exact) mass is 383 g/mol. The highest BCUT2D eigenvalue weighted by molar-refractivity contribution is 6.32. The summed E-state index contributed by atoms with van der Waals surface area (Å²) in [6, 6.07) is 4.90. The maximum atomic E-state index is 12.2. The largest absolute Gasteiger partial charge is 0.482 e. The Balaban J connectivity index is 1.90. The second kappa shape index (κ2) is 9.75. The number of likely N-dealkylation sites (N-methyl/N-ethyl adjacent to an activating group) is 1. The van der Waals surface area contributed by atoms with Crippen LogP contribution in [0.2, 0.25) is 5.02 Å². The van der Waals surface area contributed by atoms with E-state index in [0.29, 0.717) is 42.5 Å². The molecule has 1 aromatic rings. The van der Waals surface area contributed by atoms with Gasteiger partial charge in [0.2, 0.25) is 0 Å². The Morgan fingerprint density at radius 3 is 2.65 bits per heavy atom. The fraction of sp³-hybridized carbons (Fsp3) is 0.556. The Labute approximate surface area is 158 Å². The van der Waals surface area contributed by atoms with Crippen LogP contribution in [0.3, 0.4) is 0 Å². The standard InChI is InChI=1S/C18H26ClN3O4/c1-3-22(4-2)17(23)11-25-15-7-5-12(9-14(15)19)21-18(24)16-8-6-13(10-20)26-16/h5,7,9,13,16H,3-4,6,8,10-11,20H2,1-2H3,(H,21,24)/t13-,16+/m1/s1. The van der Waals surface area contributed by atoms with E-state index in [4.69, 9.17) is 26.8 Å². The van der Waals surface area contributed by atoms with E-state index in [1.807, 2.05) is 13.8 Å². The van der Waals surface area contributed by atoms with E-state index in [9.17, 15) is 9.59 Å². The molecule has 1 heterocycles. The summed E-state index contributed by atoms with van der Waals surface area (Å²) < 4.78 is 11.1. The molecule has 2 atom stereocenters. The number of carbonyl (C=O) groups excluding carboxylic acids is 2. The van der Waals surface area contributed by atoms with Gasteiger partial charge in [-0.2, -0.15) is 0 Å². The molecule has 144 valence electrons. The molecule has 2 amide bonds. The van der Waals surface area contributed by atoms with E-state index in [1.54, 1.807) is 23.1 Å². The van der Waals surface area contributed by atoms with Crippen molar-refractivity contribution >= 4 is 29.1 Å². The Bertz CT molecular complexity index is 637. The van der Waals surface area contributed by atoms with Crippen LogP contribution >= 0.6 is 11.6 Å². The van der Waals surface area contributed by atoms with Crippen LogP contribution in [0.25, 0.3) is 0 Å². The number of ether oxygens (including phenoxy) is 2. The van der Waals surface area contributed by atoms with Crippen LogP contribution < -0.4 is 15.8 Å². The number of nitrogens with two attached hydrogens (primary N) is 1. The van der Waals surface area contributed by atoms with Crippen molar-refractivity contribution in [2.24, 2.45) is 5.73 Å². The lowest BCUT2D eigenvalue weighted by atomic mass is 10.2. The predicted octanol–water partition coefficient (Wildman–Crippen LogP) is 2.03. The van der Waals surface area contributed by atoms with E-state index in [1.165, 1.54) is 0 Å². The van der Waals surface area contributed by atoms with Crippen molar-refractivity contribution in [1.82, 2.24) is 4.90 Å². The average Bonchev–Trinajstić information content (AvgIpc) is 3.11. The first-order valence-electron chi connectivity index (χ1n) is 8.84. The quantitative estimate of drug-likeness (QED) is 0.716. The summed E-state index contributed by atoms with van der Waals surface area (Å²) in [7, 11) is 0. The van der Waals surface area contributed by atoms with Crippen LogP contribution in [0, 0.1) is 0 Å². The third kappa shape index (κ3) is 5.33. The second-order valence-electron chi connectivity index (χ2n) is 6.05. The number of carbonyl (C=O) groups is 2. The molecule has 3 N–H and O–H groups in total. The zero-order chi connectivity index (χ0) is 19.1. The number of rotatable bonds is 8. The lowest BCUT2D eigenvalue weighted by molar-refractivity contribution is -0.133. The van der Waals surface area contributed by atoms with Crippen LogP contribution in [0.4, 0.5) is 5.69 Å². The van der Waals surface area contributed by atoms with Crippen molar-refractivity contribution in [2.75, 3.05) is 31.6 Å². The molecule has 0 spiro atoms. The molecule has 1 fully saturated rings. The third-order valence-electron chi connectivity index (χ3n) is 4.33. The van der Waals surface area contributed by atoms with Gasteiger partial charge >= 0.3 is 0 Å². The zero-order valence-electron chi connectivity index (χ0n) is 15.2. The smallest absolute Gasteiger partial charge is 0.260 e. The van der Waals surface area contributed by atoms with Gasteiger partial charge in [-0.05, 0) is 44.9 Å². The highest BCUT2D eigenvalue weighted by atomic mass is 35.5. The first-order valence-corrected chi connectivity index (χ1v) is 9.22. The van der Waals surface area contributed by atoms with Crippen molar-refractivity contribution in [3.63, 3.8) is 0 Å². The van der Waals surface area contributed by atoms with Gasteiger partial charge in [0.25, 0.3) is 11.8 Å². The van der Waals surface area contributed by atoms with Gasteiger partial charge in [-0.25, -0.2) is 0 Å². The lowest BCUT2D eigenvalue weighted by Gasteiger charge is -2.19. The maximum Gasteiger partial charge on any atom is 0.260 e. The van der Waals surface area contributed by atoms with Crippen LogP contribution in [0.15, 0.2) is 18.2 Å². The number of nitrogens with zero attached hydrogens (tertiary/aromatic N) is 1. The fourth-order valence-electron chi connectivity index (χ4n) is 2.80. The molecular weight excluding hydrogens is 358 g/mol. The number of hydrogen-bond acceptors (Lipinski definition) is 5. The van der Waals surface area contributed by atoms with E-state index in [0.717, 1.165) is 6.42 Å². The number of nitrogens with one attached hydrogen (secondary N) is 1. The summed E-state index contributed by atoms with van der Waals surface area (Å²) in [5.74, 6) is 0.0733. The molecule has 7 nitrogen and oxygen atoms in total. The SMILES string of the molecule is CCN(CC)C(=O)COc1ccc(NC(=O)[C@@H]2CC[C@H](CN)O2)cc1Cl. The van der Waals surface area contributed by atoms with Gasteiger partial charge in [-0.3, -0.25) is 9.59 Å². The second-order valence-corrected chi connectivity index (χ2v) is 6.46. The number of halogens is 1. The first-order chi connectivity index (χ1) is 12.5. The molecule has 2 rings (SSSR count). The van der Waals surface area contributed by atoms with E-state index < -0.39 is 6.10 Å². The molecule has 8 heteroatoms. The molecule has 26 heavy (non-hydrogen) atoms. The molecule has 1 aliphatic rings. The predicted molar refractivity (Wildman–Crippen MR) is 100 cm³/mol. The summed E-state index contributed by atoms with van der Waals surface area (Å²) in [4.78, 5) is 25.9. The third-order valence-corrected chi connectivity index (χ3v) is 4.62. The van der Waals surface area contributed by atoms with Gasteiger partial charge in [0.15, 0.2) is 6.61 Å². The highest BCUT2D eigenvalue weighted by Gasteiger charge is 2.29. The highest BCUT2D eigenvalue weighted by Crippen LogP contribution is 2.28. The summed E-state index contributed by atoms with van der Waals surface area (Å²) in [6.07, 6.45) is 0.872. The first kappa shape index (κ1) is 20.5. The lowest BCUT2D eigenvalue weighted by Crippen LogP contribution is -2.34. The molecule has 0 radical (unpaired) electrons. The minimum atomic E-state index is -0.495. The molecule has 0 unspecified atom stereocenters. The molecule has 1 aliphatic heterocycles. The molecule has 0 saturated carbocycles. The Morgan fingerprint density at radius 2 is 2.08 bits per heavy atom. The number of hydrogen-bond donors (Lipinski definition) is 2. The van der Waals surface area contributed by atoms with E-state index in [-0.39, 0.29) is 24.5 Å². The number of amides is 2. The van der Waals surface area contributed by atoms with Crippen LogP contribution in [-0.2, 0) is 14.3 Å². The molecular formula is C18H26ClN3O4. The van der Waals surface area contributed by atoms with Gasteiger partial charge < -0.3 is 25.4 Å². The molecule has 0 bridgehead atoms. The van der Waals surface area contributed by atoms with Crippen LogP contribution in [0.5, 0.6) is 5.75 Å². The minimum Gasteiger partial charge on any atom is -0.482 e. The molecule has 0 aliphatic carbocycles. The minimum absolute atomic E-state index is 0.0616. The molecule has 1 aromatic carbocycles. The zero-order valence-corrected chi connectivity index (χ0v) is 15.9. The Hall–Kier alpha value is -1.83. The van der Waals surface area contributed by atoms with Gasteiger partial charge in [0, 0.05) is 25.3 Å². The van der Waals surface area contributed by atoms with Gasteiger partial charge in [-0.15, -0.1) is 0 Å². The van der Waals surface area contributed by atoms with E-state index >= 15 is 0 Å². The van der Waals surface area contributed by atoms with Crippen molar-refractivity contribution in [1.29, 1.82) is 0 Å². The van der Waals surface area contributed by atoms with Crippen LogP contribution in [0.1, 0.15) is 26.7 Å². The van der Waals surface area contributed by atoms with Crippen molar-refractivity contribution in [3.8, 4) is 5.75 Å². The van der Waals surface area contributed by atoms with Crippen molar-refractivity contribution in [3.05, 3.63) is 23.2 Å². The van der Waals surface area contributed by atoms with Crippen molar-refractivity contribution < 1.29 is 19.1 Å². The summed E-state index contributed by atoms with van der Waals surface area (Å²) in [5.41, 5.74) is 6.10.